The number of rotatable bonds is 7. The summed E-state index contributed by atoms with van der Waals surface area (Å²) in [6, 6.07) is 16.7. The first kappa shape index (κ1) is 16.9. The third-order valence-electron chi connectivity index (χ3n) is 3.97. The zero-order valence-electron chi connectivity index (χ0n) is 13.6. The molecule has 22 heavy (non-hydrogen) atoms. The molecule has 0 saturated heterocycles. The highest BCUT2D eigenvalue weighted by atomic mass is 35.5. The van der Waals surface area contributed by atoms with E-state index in [0.29, 0.717) is 12.6 Å². The zero-order valence-corrected chi connectivity index (χ0v) is 14.3. The van der Waals surface area contributed by atoms with Crippen LogP contribution in [-0.2, 0) is 13.0 Å². The predicted molar refractivity (Wildman–Crippen MR) is 93.7 cm³/mol. The van der Waals surface area contributed by atoms with Gasteiger partial charge in [0.05, 0.1) is 0 Å². The van der Waals surface area contributed by atoms with Crippen molar-refractivity contribution in [2.75, 3.05) is 14.1 Å². The summed E-state index contributed by atoms with van der Waals surface area (Å²) in [7, 11) is 4.25. The fourth-order valence-corrected chi connectivity index (χ4v) is 2.26. The standard InChI is InChI=1S/C19H24ClNO/c1-15(21(2)3)4-5-16-8-12-19(13-9-16)22-14-17-6-10-18(20)11-7-17/h6-13,15H,4-5,14H2,1-3H3. The van der Waals surface area contributed by atoms with Crippen LogP contribution in [0.15, 0.2) is 48.5 Å². The second kappa shape index (κ2) is 8.21. The van der Waals surface area contributed by atoms with Crippen LogP contribution < -0.4 is 4.74 Å². The van der Waals surface area contributed by atoms with Crippen molar-refractivity contribution in [3.8, 4) is 5.75 Å². The molecule has 2 aromatic rings. The Kier molecular flexibility index (Phi) is 6.29. The van der Waals surface area contributed by atoms with Gasteiger partial charge < -0.3 is 9.64 Å². The number of aryl methyl sites for hydroxylation is 1. The SMILES string of the molecule is CC(CCc1ccc(OCc2ccc(Cl)cc2)cc1)N(C)C. The van der Waals surface area contributed by atoms with Crippen molar-refractivity contribution >= 4 is 11.6 Å². The van der Waals surface area contributed by atoms with Gasteiger partial charge in [0.25, 0.3) is 0 Å². The maximum atomic E-state index is 5.87. The number of hydrogen-bond acceptors (Lipinski definition) is 2. The van der Waals surface area contributed by atoms with Crippen LogP contribution in [0.2, 0.25) is 5.02 Å². The molecule has 0 aliphatic heterocycles. The van der Waals surface area contributed by atoms with Crippen LogP contribution in [0.5, 0.6) is 5.75 Å². The first-order valence-corrected chi connectivity index (χ1v) is 8.05. The van der Waals surface area contributed by atoms with Gasteiger partial charge in [-0.15, -0.1) is 0 Å². The Balaban J connectivity index is 1.82. The second-order valence-corrected chi connectivity index (χ2v) is 6.35. The fourth-order valence-electron chi connectivity index (χ4n) is 2.13. The van der Waals surface area contributed by atoms with Crippen LogP contribution in [0.4, 0.5) is 0 Å². The summed E-state index contributed by atoms with van der Waals surface area (Å²) in [5.74, 6) is 0.902. The second-order valence-electron chi connectivity index (χ2n) is 5.91. The Hall–Kier alpha value is -1.51. The molecule has 0 heterocycles. The lowest BCUT2D eigenvalue weighted by molar-refractivity contribution is 0.298. The summed E-state index contributed by atoms with van der Waals surface area (Å²) in [4.78, 5) is 2.25. The molecule has 0 radical (unpaired) electrons. The predicted octanol–water partition coefficient (Wildman–Crippen LogP) is 4.80. The Bertz CT molecular complexity index is 563. The van der Waals surface area contributed by atoms with Crippen molar-refractivity contribution < 1.29 is 4.74 Å². The van der Waals surface area contributed by atoms with Gasteiger partial charge in [0.15, 0.2) is 0 Å². The van der Waals surface area contributed by atoms with Gasteiger partial charge in [-0.2, -0.15) is 0 Å². The van der Waals surface area contributed by atoms with Gasteiger partial charge in [-0.1, -0.05) is 35.9 Å². The van der Waals surface area contributed by atoms with Crippen LogP contribution >= 0.6 is 11.6 Å². The Labute approximate surface area is 138 Å². The molecule has 118 valence electrons. The molecule has 1 atom stereocenters. The van der Waals surface area contributed by atoms with Crippen molar-refractivity contribution in [3.63, 3.8) is 0 Å². The number of benzene rings is 2. The number of ether oxygens (including phenoxy) is 1. The Morgan fingerprint density at radius 2 is 1.55 bits per heavy atom. The van der Waals surface area contributed by atoms with Crippen LogP contribution in [0.25, 0.3) is 0 Å². The molecule has 1 unspecified atom stereocenters. The summed E-state index contributed by atoms with van der Waals surface area (Å²) in [5, 5.41) is 0.750. The number of nitrogens with zero attached hydrogens (tertiary/aromatic N) is 1. The van der Waals surface area contributed by atoms with E-state index >= 15 is 0 Å². The first-order valence-electron chi connectivity index (χ1n) is 7.67. The minimum Gasteiger partial charge on any atom is -0.489 e. The van der Waals surface area contributed by atoms with E-state index < -0.39 is 0 Å². The highest BCUT2D eigenvalue weighted by Crippen LogP contribution is 2.17. The van der Waals surface area contributed by atoms with Gasteiger partial charge >= 0.3 is 0 Å². The van der Waals surface area contributed by atoms with E-state index in [0.717, 1.165) is 29.2 Å². The normalized spacial score (nSPS) is 12.4. The van der Waals surface area contributed by atoms with Crippen molar-refractivity contribution in [1.82, 2.24) is 4.90 Å². The van der Waals surface area contributed by atoms with Gasteiger partial charge in [-0.05, 0) is 69.3 Å². The highest BCUT2D eigenvalue weighted by Gasteiger charge is 2.05. The number of halogens is 1. The Morgan fingerprint density at radius 3 is 2.14 bits per heavy atom. The molecule has 0 saturated carbocycles. The van der Waals surface area contributed by atoms with E-state index in [-0.39, 0.29) is 0 Å². The zero-order chi connectivity index (χ0) is 15.9. The van der Waals surface area contributed by atoms with E-state index in [2.05, 4.69) is 38.1 Å². The monoisotopic (exact) mass is 317 g/mol. The molecular formula is C19H24ClNO. The maximum absolute atomic E-state index is 5.87. The summed E-state index contributed by atoms with van der Waals surface area (Å²) >= 11 is 5.87. The van der Waals surface area contributed by atoms with Crippen LogP contribution in [0, 0.1) is 0 Å². The fraction of sp³-hybridized carbons (Fsp3) is 0.368. The third kappa shape index (κ3) is 5.36. The van der Waals surface area contributed by atoms with Gasteiger partial charge in [-0.25, -0.2) is 0 Å². The van der Waals surface area contributed by atoms with Crippen molar-refractivity contribution in [1.29, 1.82) is 0 Å². The number of hydrogen-bond donors (Lipinski definition) is 0. The molecule has 0 aromatic heterocycles. The van der Waals surface area contributed by atoms with Gasteiger partial charge in [-0.3, -0.25) is 0 Å². The molecule has 2 aromatic carbocycles. The summed E-state index contributed by atoms with van der Waals surface area (Å²) in [6.07, 6.45) is 2.26. The maximum Gasteiger partial charge on any atom is 0.119 e. The molecule has 0 fully saturated rings. The van der Waals surface area contributed by atoms with E-state index in [9.17, 15) is 0 Å². The van der Waals surface area contributed by atoms with Crippen LogP contribution in [-0.4, -0.2) is 25.0 Å². The first-order chi connectivity index (χ1) is 10.5. The van der Waals surface area contributed by atoms with Crippen LogP contribution in [0.3, 0.4) is 0 Å². The molecule has 0 bridgehead atoms. The van der Waals surface area contributed by atoms with E-state index in [1.165, 1.54) is 5.56 Å². The van der Waals surface area contributed by atoms with Gasteiger partial charge in [0.1, 0.15) is 12.4 Å². The molecule has 0 amide bonds. The van der Waals surface area contributed by atoms with Crippen molar-refractivity contribution in [2.24, 2.45) is 0 Å². The third-order valence-corrected chi connectivity index (χ3v) is 4.23. The summed E-state index contributed by atoms with van der Waals surface area (Å²) < 4.78 is 5.80. The van der Waals surface area contributed by atoms with Gasteiger partial charge in [0.2, 0.25) is 0 Å². The average molecular weight is 318 g/mol. The average Bonchev–Trinajstić information content (AvgIpc) is 2.53. The smallest absolute Gasteiger partial charge is 0.119 e. The largest absolute Gasteiger partial charge is 0.489 e. The van der Waals surface area contributed by atoms with Crippen molar-refractivity contribution in [3.05, 3.63) is 64.7 Å². The molecule has 0 spiro atoms. The minimum atomic E-state index is 0.564. The molecule has 2 nitrogen and oxygen atoms in total. The quantitative estimate of drug-likeness (QED) is 0.727. The molecule has 0 N–H and O–H groups in total. The highest BCUT2D eigenvalue weighted by molar-refractivity contribution is 6.30. The lowest BCUT2D eigenvalue weighted by Gasteiger charge is -2.19. The molecule has 2 rings (SSSR count). The van der Waals surface area contributed by atoms with E-state index in [4.69, 9.17) is 16.3 Å². The molecule has 0 aliphatic rings. The lowest BCUT2D eigenvalue weighted by atomic mass is 10.1. The van der Waals surface area contributed by atoms with Crippen molar-refractivity contribution in [2.45, 2.75) is 32.4 Å². The lowest BCUT2D eigenvalue weighted by Crippen LogP contribution is -2.24. The molecule has 3 heteroatoms. The molecular weight excluding hydrogens is 294 g/mol. The van der Waals surface area contributed by atoms with E-state index in [1.54, 1.807) is 0 Å². The minimum absolute atomic E-state index is 0.564. The van der Waals surface area contributed by atoms with E-state index in [1.807, 2.05) is 36.4 Å². The molecule has 0 aliphatic carbocycles. The van der Waals surface area contributed by atoms with Crippen LogP contribution in [0.1, 0.15) is 24.5 Å². The topological polar surface area (TPSA) is 12.5 Å². The summed E-state index contributed by atoms with van der Waals surface area (Å²) in [5.41, 5.74) is 2.47. The summed E-state index contributed by atoms with van der Waals surface area (Å²) in [6.45, 7) is 2.82. The van der Waals surface area contributed by atoms with Gasteiger partial charge in [0, 0.05) is 11.1 Å². The Morgan fingerprint density at radius 1 is 0.955 bits per heavy atom.